The van der Waals surface area contributed by atoms with Crippen LogP contribution in [0.2, 0.25) is 0 Å². The molecule has 2 atom stereocenters. The van der Waals surface area contributed by atoms with E-state index >= 15 is 0 Å². The van der Waals surface area contributed by atoms with Gasteiger partial charge in [0.1, 0.15) is 0 Å². The molecule has 0 aliphatic heterocycles. The summed E-state index contributed by atoms with van der Waals surface area (Å²) in [4.78, 5) is 19.6. The van der Waals surface area contributed by atoms with Crippen molar-refractivity contribution >= 4 is 12.4 Å². The summed E-state index contributed by atoms with van der Waals surface area (Å²) in [6.07, 6.45) is 6.97. The third kappa shape index (κ3) is 2.66. The molecule has 0 spiro atoms. The van der Waals surface area contributed by atoms with Crippen molar-refractivity contribution in [2.45, 2.75) is 56.6 Å². The molecule has 3 N–H and O–H groups in total. The average Bonchev–Trinajstić information content (AvgIpc) is 2.11. The van der Waals surface area contributed by atoms with Gasteiger partial charge in [-0.2, -0.15) is 0 Å². The highest BCUT2D eigenvalue weighted by Gasteiger charge is 2.57. The molecule has 0 aromatic rings. The van der Waals surface area contributed by atoms with Gasteiger partial charge in [0.15, 0.2) is 0 Å². The number of carbonyl (C=O) groups excluding carboxylic acids is 1. The summed E-state index contributed by atoms with van der Waals surface area (Å²) in [7, 11) is 0. The molecule has 5 heteroatoms. The topological polar surface area (TPSA) is 86.6 Å². The number of hydrogen-bond acceptors (Lipinski definition) is 3. The summed E-state index contributed by atoms with van der Waals surface area (Å²) in [6, 6.07) is 0. The summed E-state index contributed by atoms with van der Waals surface area (Å²) in [5, 5.41) is 20.7. The molecule has 0 aromatic heterocycles. The van der Waals surface area contributed by atoms with Gasteiger partial charge in [0.25, 0.3) is 5.97 Å². The van der Waals surface area contributed by atoms with Crippen molar-refractivity contribution in [1.82, 2.24) is 5.32 Å². The minimum absolute atomic E-state index is 0.0550. The van der Waals surface area contributed by atoms with Crippen molar-refractivity contribution in [3.8, 4) is 0 Å². The number of aliphatic hydroxyl groups is 1. The molecular weight excluding hydrogens is 234 g/mol. The Bertz CT molecular complexity index is 337. The molecule has 2 unspecified atom stereocenters. The lowest BCUT2D eigenvalue weighted by Crippen LogP contribution is -2.64. The second-order valence-electron chi connectivity index (χ2n) is 6.25. The molecular formula is C13H21NO4. The molecule has 4 aliphatic rings. The molecule has 4 aliphatic carbocycles. The van der Waals surface area contributed by atoms with Gasteiger partial charge in [0.2, 0.25) is 6.41 Å². The van der Waals surface area contributed by atoms with Crippen LogP contribution in [-0.4, -0.2) is 33.7 Å². The van der Waals surface area contributed by atoms with Crippen LogP contribution in [0.5, 0.6) is 0 Å². The number of carboxylic acid groups (broad SMARTS) is 1. The van der Waals surface area contributed by atoms with E-state index in [1.165, 1.54) is 6.42 Å². The Hall–Kier alpha value is -1.10. The lowest BCUT2D eigenvalue weighted by atomic mass is 9.51. The number of nitrogens with one attached hydrogen (secondary N) is 1. The predicted molar refractivity (Wildman–Crippen MR) is 64.9 cm³/mol. The number of rotatable bonds is 2. The van der Waals surface area contributed by atoms with Crippen molar-refractivity contribution in [3.63, 3.8) is 0 Å². The molecule has 4 bridgehead atoms. The minimum atomic E-state index is -0.833. The summed E-state index contributed by atoms with van der Waals surface area (Å²) in [6.45, 7) is 1.08. The van der Waals surface area contributed by atoms with Gasteiger partial charge in [0, 0.05) is 12.5 Å². The van der Waals surface area contributed by atoms with E-state index in [-0.39, 0.29) is 5.54 Å². The maximum atomic E-state index is 10.6. The van der Waals surface area contributed by atoms with E-state index in [1.54, 1.807) is 0 Å². The fourth-order valence-corrected chi connectivity index (χ4v) is 4.51. The molecule has 4 rings (SSSR count). The highest BCUT2D eigenvalue weighted by Crippen LogP contribution is 2.57. The van der Waals surface area contributed by atoms with Crippen molar-refractivity contribution in [2.75, 3.05) is 0 Å². The van der Waals surface area contributed by atoms with Crippen LogP contribution >= 0.6 is 0 Å². The normalized spacial score (nSPS) is 43.9. The second-order valence-corrected chi connectivity index (χ2v) is 6.25. The number of carboxylic acids is 1. The molecule has 0 heterocycles. The van der Waals surface area contributed by atoms with Gasteiger partial charge in [-0.3, -0.25) is 9.59 Å². The first kappa shape index (κ1) is 13.3. The second kappa shape index (κ2) is 4.53. The van der Waals surface area contributed by atoms with Crippen molar-refractivity contribution in [2.24, 2.45) is 11.8 Å². The standard InChI is InChI=1S/C11H17NO2.C2H4O2/c13-7-12-10-2-8-1-9(3-10)5-11(14,4-8)6-10;1-2(3)4/h7-9,14H,1-6H2,(H,12,13);1H3,(H,3,4). The first-order chi connectivity index (χ1) is 8.36. The van der Waals surface area contributed by atoms with Gasteiger partial charge < -0.3 is 15.5 Å². The molecule has 0 saturated heterocycles. The van der Waals surface area contributed by atoms with Crippen LogP contribution in [-0.2, 0) is 9.59 Å². The van der Waals surface area contributed by atoms with E-state index in [1.807, 2.05) is 0 Å². The number of carbonyl (C=O) groups is 2. The third-order valence-corrected chi connectivity index (χ3v) is 4.40. The van der Waals surface area contributed by atoms with E-state index < -0.39 is 11.6 Å². The minimum Gasteiger partial charge on any atom is -0.481 e. The Balaban J connectivity index is 0.000000267. The fourth-order valence-electron chi connectivity index (χ4n) is 4.51. The molecule has 1 amide bonds. The van der Waals surface area contributed by atoms with Gasteiger partial charge in [-0.05, 0) is 50.4 Å². The van der Waals surface area contributed by atoms with Gasteiger partial charge >= 0.3 is 0 Å². The smallest absolute Gasteiger partial charge is 0.300 e. The van der Waals surface area contributed by atoms with E-state index in [0.717, 1.165) is 45.4 Å². The first-order valence-electron chi connectivity index (χ1n) is 6.50. The van der Waals surface area contributed by atoms with Gasteiger partial charge in [0.05, 0.1) is 5.60 Å². The zero-order chi connectivity index (χ0) is 13.4. The lowest BCUT2D eigenvalue weighted by Gasteiger charge is -2.59. The maximum Gasteiger partial charge on any atom is 0.300 e. The molecule has 102 valence electrons. The van der Waals surface area contributed by atoms with Crippen molar-refractivity contribution in [3.05, 3.63) is 0 Å². The van der Waals surface area contributed by atoms with E-state index in [0.29, 0.717) is 11.8 Å². The van der Waals surface area contributed by atoms with Crippen LogP contribution < -0.4 is 5.32 Å². The Labute approximate surface area is 107 Å². The SMILES string of the molecule is CC(=O)O.O=CNC12CC3CC(CC(O)(C3)C1)C2. The summed E-state index contributed by atoms with van der Waals surface area (Å²) >= 11 is 0. The van der Waals surface area contributed by atoms with Crippen molar-refractivity contribution in [1.29, 1.82) is 0 Å². The van der Waals surface area contributed by atoms with Crippen LogP contribution in [0.4, 0.5) is 0 Å². The predicted octanol–water partition coefficient (Wildman–Crippen LogP) is 0.907. The fraction of sp³-hybridized carbons (Fsp3) is 0.846. The quantitative estimate of drug-likeness (QED) is 0.640. The molecule has 4 saturated carbocycles. The first-order valence-corrected chi connectivity index (χ1v) is 6.50. The molecule has 0 aromatic carbocycles. The third-order valence-electron chi connectivity index (χ3n) is 4.40. The zero-order valence-corrected chi connectivity index (χ0v) is 10.7. The largest absolute Gasteiger partial charge is 0.481 e. The van der Waals surface area contributed by atoms with Crippen molar-refractivity contribution < 1.29 is 19.8 Å². The summed E-state index contributed by atoms with van der Waals surface area (Å²) < 4.78 is 0. The van der Waals surface area contributed by atoms with Gasteiger partial charge in [-0.1, -0.05) is 0 Å². The summed E-state index contributed by atoms with van der Waals surface area (Å²) in [5.41, 5.74) is -0.513. The van der Waals surface area contributed by atoms with Crippen LogP contribution in [0.3, 0.4) is 0 Å². The number of aliphatic carboxylic acids is 1. The molecule has 5 nitrogen and oxygen atoms in total. The lowest BCUT2D eigenvalue weighted by molar-refractivity contribution is -0.146. The summed E-state index contributed by atoms with van der Waals surface area (Å²) in [5.74, 6) is 0.461. The van der Waals surface area contributed by atoms with Crippen LogP contribution in [0.1, 0.15) is 45.4 Å². The van der Waals surface area contributed by atoms with E-state index in [9.17, 15) is 9.90 Å². The Morgan fingerprint density at radius 2 is 1.78 bits per heavy atom. The Kier molecular flexibility index (Phi) is 3.36. The zero-order valence-electron chi connectivity index (χ0n) is 10.7. The monoisotopic (exact) mass is 255 g/mol. The maximum absolute atomic E-state index is 10.6. The highest BCUT2D eigenvalue weighted by molar-refractivity contribution is 5.62. The Morgan fingerprint density at radius 3 is 2.17 bits per heavy atom. The van der Waals surface area contributed by atoms with Crippen LogP contribution in [0, 0.1) is 11.8 Å². The Morgan fingerprint density at radius 1 is 1.28 bits per heavy atom. The van der Waals surface area contributed by atoms with E-state index in [2.05, 4.69) is 5.32 Å². The highest BCUT2D eigenvalue weighted by atomic mass is 16.4. The number of hydrogen-bond donors (Lipinski definition) is 3. The van der Waals surface area contributed by atoms with Crippen LogP contribution in [0.25, 0.3) is 0 Å². The van der Waals surface area contributed by atoms with E-state index in [4.69, 9.17) is 9.90 Å². The average molecular weight is 255 g/mol. The molecule has 18 heavy (non-hydrogen) atoms. The number of amides is 1. The molecule has 0 radical (unpaired) electrons. The van der Waals surface area contributed by atoms with Gasteiger partial charge in [-0.25, -0.2) is 0 Å². The van der Waals surface area contributed by atoms with Crippen LogP contribution in [0.15, 0.2) is 0 Å². The van der Waals surface area contributed by atoms with Gasteiger partial charge in [-0.15, -0.1) is 0 Å². The molecule has 4 fully saturated rings.